The molecule has 0 aliphatic carbocycles. The average molecular weight is 365 g/mol. The Kier molecular flexibility index (Phi) is 5.79. The molecule has 1 aromatic carbocycles. The fraction of sp³-hybridized carbons (Fsp3) is 0.250. The van der Waals surface area contributed by atoms with Crippen LogP contribution in [0.4, 0.5) is 10.1 Å². The third-order valence-corrected chi connectivity index (χ3v) is 4.24. The van der Waals surface area contributed by atoms with Crippen LogP contribution in [0.3, 0.4) is 0 Å². The van der Waals surface area contributed by atoms with Crippen molar-refractivity contribution in [1.29, 1.82) is 5.26 Å². The number of halogens is 1. The van der Waals surface area contributed by atoms with Gasteiger partial charge in [0.25, 0.3) is 0 Å². The molecule has 138 valence electrons. The summed E-state index contributed by atoms with van der Waals surface area (Å²) in [6, 6.07) is 9.92. The zero-order valence-corrected chi connectivity index (χ0v) is 15.0. The third-order valence-electron chi connectivity index (χ3n) is 4.24. The first-order chi connectivity index (χ1) is 13.1. The number of carbonyl (C=O) groups excluding carboxylic acids is 1. The molecule has 0 bridgehead atoms. The minimum atomic E-state index is -0.437. The van der Waals surface area contributed by atoms with Crippen LogP contribution >= 0.6 is 0 Å². The molecule has 3 rings (SSSR count). The van der Waals surface area contributed by atoms with Crippen molar-refractivity contribution in [2.24, 2.45) is 0 Å². The van der Waals surface area contributed by atoms with Crippen LogP contribution in [-0.2, 0) is 11.2 Å². The largest absolute Gasteiger partial charge is 0.358 e. The minimum Gasteiger partial charge on any atom is -0.358 e. The van der Waals surface area contributed by atoms with E-state index in [0.29, 0.717) is 30.6 Å². The molecular formula is C20H20FN5O. The Morgan fingerprint density at radius 3 is 2.96 bits per heavy atom. The van der Waals surface area contributed by atoms with Crippen LogP contribution in [-0.4, -0.2) is 31.0 Å². The summed E-state index contributed by atoms with van der Waals surface area (Å²) in [5.74, 6) is -0.510. The maximum Gasteiger partial charge on any atom is 0.250 e. The topological polar surface area (TPSA) is 89.8 Å². The van der Waals surface area contributed by atoms with Gasteiger partial charge in [0.2, 0.25) is 5.91 Å². The Labute approximate surface area is 157 Å². The molecule has 0 unspecified atom stereocenters. The Morgan fingerprint density at radius 2 is 2.19 bits per heavy atom. The van der Waals surface area contributed by atoms with Gasteiger partial charge >= 0.3 is 0 Å². The van der Waals surface area contributed by atoms with Gasteiger partial charge in [-0.2, -0.15) is 5.26 Å². The second kappa shape index (κ2) is 8.43. The lowest BCUT2D eigenvalue weighted by Gasteiger charge is -2.22. The molecule has 1 aliphatic rings. The molecular weight excluding hydrogens is 345 g/mol. The molecule has 1 amide bonds. The SMILES string of the molecule is CNCC1=C(Nc2ccnc(Cc3cc(F)cc(C#N)c3)c2)CCNC1=O. The number of aromatic nitrogens is 1. The number of benzene rings is 1. The highest BCUT2D eigenvalue weighted by Gasteiger charge is 2.19. The van der Waals surface area contributed by atoms with Gasteiger partial charge in [-0.15, -0.1) is 0 Å². The average Bonchev–Trinajstić information content (AvgIpc) is 2.64. The summed E-state index contributed by atoms with van der Waals surface area (Å²) in [6.45, 7) is 1.07. The number of nitrogens with zero attached hydrogens (tertiary/aromatic N) is 2. The fourth-order valence-corrected chi connectivity index (χ4v) is 3.05. The van der Waals surface area contributed by atoms with Gasteiger partial charge in [0.15, 0.2) is 0 Å². The highest BCUT2D eigenvalue weighted by atomic mass is 19.1. The highest BCUT2D eigenvalue weighted by molar-refractivity contribution is 5.96. The lowest BCUT2D eigenvalue weighted by atomic mass is 10.0. The molecule has 2 aromatic rings. The van der Waals surface area contributed by atoms with Crippen molar-refractivity contribution in [2.45, 2.75) is 12.8 Å². The summed E-state index contributed by atoms with van der Waals surface area (Å²) < 4.78 is 13.6. The predicted octanol–water partition coefficient (Wildman–Crippen LogP) is 2.09. The van der Waals surface area contributed by atoms with Gasteiger partial charge in [0.05, 0.1) is 11.6 Å². The minimum absolute atomic E-state index is 0.0730. The van der Waals surface area contributed by atoms with E-state index in [4.69, 9.17) is 5.26 Å². The third kappa shape index (κ3) is 4.68. The summed E-state index contributed by atoms with van der Waals surface area (Å²) >= 11 is 0. The fourth-order valence-electron chi connectivity index (χ4n) is 3.05. The molecule has 0 radical (unpaired) electrons. The normalized spacial score (nSPS) is 13.9. The van der Waals surface area contributed by atoms with Crippen LogP contribution in [0.25, 0.3) is 0 Å². The van der Waals surface area contributed by atoms with Crippen LogP contribution < -0.4 is 16.0 Å². The standard InChI is InChI=1S/C20H20FN5O/c1-23-12-18-19(3-5-25-20(18)27)26-16-2-4-24-17(10-16)9-13-6-14(11-22)8-15(21)7-13/h2,4,6-8,10,23H,3,5,9,12H2,1H3,(H,24,26)(H,25,27). The lowest BCUT2D eigenvalue weighted by Crippen LogP contribution is -2.36. The van der Waals surface area contributed by atoms with Crippen molar-refractivity contribution < 1.29 is 9.18 Å². The van der Waals surface area contributed by atoms with Crippen LogP contribution in [0.5, 0.6) is 0 Å². The first-order valence-electron chi connectivity index (χ1n) is 8.65. The zero-order valence-electron chi connectivity index (χ0n) is 15.0. The van der Waals surface area contributed by atoms with Crippen molar-refractivity contribution >= 4 is 11.6 Å². The van der Waals surface area contributed by atoms with Gasteiger partial charge < -0.3 is 16.0 Å². The second-order valence-corrected chi connectivity index (χ2v) is 6.29. The van der Waals surface area contributed by atoms with E-state index in [1.807, 2.05) is 18.2 Å². The number of nitrogens with one attached hydrogen (secondary N) is 3. The number of anilines is 1. The van der Waals surface area contributed by atoms with Crippen molar-refractivity contribution in [2.75, 3.05) is 25.5 Å². The first-order valence-corrected chi connectivity index (χ1v) is 8.65. The van der Waals surface area contributed by atoms with Gasteiger partial charge in [-0.1, -0.05) is 0 Å². The van der Waals surface area contributed by atoms with Crippen LogP contribution in [0, 0.1) is 17.1 Å². The van der Waals surface area contributed by atoms with Gasteiger partial charge in [0, 0.05) is 54.8 Å². The van der Waals surface area contributed by atoms with E-state index >= 15 is 0 Å². The molecule has 0 fully saturated rings. The van der Waals surface area contributed by atoms with Gasteiger partial charge in [-0.3, -0.25) is 9.78 Å². The molecule has 0 spiro atoms. The number of rotatable bonds is 6. The van der Waals surface area contributed by atoms with Crippen molar-refractivity contribution in [3.05, 3.63) is 70.4 Å². The Morgan fingerprint density at radius 1 is 1.33 bits per heavy atom. The smallest absolute Gasteiger partial charge is 0.250 e. The Bertz CT molecular complexity index is 932. The Hall–Kier alpha value is -3.24. The molecule has 3 N–H and O–H groups in total. The van der Waals surface area contributed by atoms with E-state index in [1.165, 1.54) is 12.1 Å². The summed E-state index contributed by atoms with van der Waals surface area (Å²) in [5.41, 5.74) is 4.09. The predicted molar refractivity (Wildman–Crippen MR) is 100 cm³/mol. The summed E-state index contributed by atoms with van der Waals surface area (Å²) in [4.78, 5) is 16.4. The number of likely N-dealkylation sites (N-methyl/N-ethyl adjacent to an activating group) is 1. The summed E-state index contributed by atoms with van der Waals surface area (Å²) in [5, 5.41) is 18.2. The van der Waals surface area contributed by atoms with E-state index in [0.717, 1.165) is 23.5 Å². The number of amides is 1. The van der Waals surface area contributed by atoms with E-state index in [9.17, 15) is 9.18 Å². The van der Waals surface area contributed by atoms with Crippen LogP contribution in [0.15, 0.2) is 47.8 Å². The number of hydrogen-bond acceptors (Lipinski definition) is 5. The van der Waals surface area contributed by atoms with Gasteiger partial charge in [-0.05, 0) is 42.9 Å². The second-order valence-electron chi connectivity index (χ2n) is 6.29. The maximum atomic E-state index is 13.6. The van der Waals surface area contributed by atoms with E-state index < -0.39 is 5.82 Å². The van der Waals surface area contributed by atoms with Crippen molar-refractivity contribution in [1.82, 2.24) is 15.6 Å². The van der Waals surface area contributed by atoms with Crippen molar-refractivity contribution in [3.63, 3.8) is 0 Å². The molecule has 1 aliphatic heterocycles. The van der Waals surface area contributed by atoms with Crippen LogP contribution in [0.2, 0.25) is 0 Å². The first kappa shape index (κ1) is 18.5. The van der Waals surface area contributed by atoms with Crippen LogP contribution in [0.1, 0.15) is 23.2 Å². The quantitative estimate of drug-likeness (QED) is 0.729. The number of nitriles is 1. The van der Waals surface area contributed by atoms with Gasteiger partial charge in [-0.25, -0.2) is 4.39 Å². The molecule has 6 nitrogen and oxygen atoms in total. The number of pyridine rings is 1. The summed E-state index contributed by atoms with van der Waals surface area (Å²) in [6.07, 6.45) is 2.80. The molecule has 0 saturated heterocycles. The maximum absolute atomic E-state index is 13.6. The molecule has 2 heterocycles. The highest BCUT2D eigenvalue weighted by Crippen LogP contribution is 2.20. The monoisotopic (exact) mass is 365 g/mol. The molecule has 0 saturated carbocycles. The zero-order chi connectivity index (χ0) is 19.2. The summed E-state index contributed by atoms with van der Waals surface area (Å²) in [7, 11) is 1.80. The van der Waals surface area contributed by atoms with E-state index in [-0.39, 0.29) is 11.5 Å². The molecule has 27 heavy (non-hydrogen) atoms. The van der Waals surface area contributed by atoms with E-state index in [2.05, 4.69) is 20.9 Å². The molecule has 1 aromatic heterocycles. The lowest BCUT2D eigenvalue weighted by molar-refractivity contribution is -0.117. The Balaban J connectivity index is 1.82. The number of carbonyl (C=O) groups is 1. The van der Waals surface area contributed by atoms with E-state index in [1.54, 1.807) is 19.3 Å². The van der Waals surface area contributed by atoms with Gasteiger partial charge in [0.1, 0.15) is 5.82 Å². The molecule has 7 heteroatoms. The number of hydrogen-bond donors (Lipinski definition) is 3. The van der Waals surface area contributed by atoms with Crippen molar-refractivity contribution in [3.8, 4) is 6.07 Å². The molecule has 0 atom stereocenters.